The zero-order valence-corrected chi connectivity index (χ0v) is 11.5. The first-order valence-electron chi connectivity index (χ1n) is 6.91. The maximum absolute atomic E-state index is 4.82. The number of benzene rings is 1. The van der Waals surface area contributed by atoms with Gasteiger partial charge in [-0.3, -0.25) is 0 Å². The van der Waals surface area contributed by atoms with Gasteiger partial charge >= 0.3 is 0 Å². The molecular formula is C16H19N3. The molecule has 0 saturated heterocycles. The maximum atomic E-state index is 4.82. The van der Waals surface area contributed by atoms with Crippen LogP contribution in [0, 0.1) is 0 Å². The Hall–Kier alpha value is -1.74. The lowest BCUT2D eigenvalue weighted by Gasteiger charge is -2.21. The summed E-state index contributed by atoms with van der Waals surface area (Å²) in [7, 11) is 0. The van der Waals surface area contributed by atoms with Gasteiger partial charge in [0.2, 0.25) is 0 Å². The van der Waals surface area contributed by atoms with Gasteiger partial charge in [0.1, 0.15) is 5.82 Å². The average molecular weight is 253 g/mol. The van der Waals surface area contributed by atoms with Gasteiger partial charge in [-0.2, -0.15) is 0 Å². The Bertz CT molecular complexity index is 576. The lowest BCUT2D eigenvalue weighted by Crippen LogP contribution is -2.26. The summed E-state index contributed by atoms with van der Waals surface area (Å²) in [6.45, 7) is 6.16. The van der Waals surface area contributed by atoms with E-state index < -0.39 is 0 Å². The fourth-order valence-corrected chi connectivity index (χ4v) is 2.47. The Balaban J connectivity index is 2.19. The number of fused-ring (bicyclic) bond motifs is 1. The Morgan fingerprint density at radius 1 is 1.11 bits per heavy atom. The predicted octanol–water partition coefficient (Wildman–Crippen LogP) is 2.91. The molecule has 0 spiro atoms. The summed E-state index contributed by atoms with van der Waals surface area (Å²) in [5.41, 5.74) is 4.80. The molecule has 0 aliphatic carbocycles. The second kappa shape index (κ2) is 5.10. The van der Waals surface area contributed by atoms with Crippen LogP contribution in [-0.4, -0.2) is 16.5 Å². The van der Waals surface area contributed by atoms with Gasteiger partial charge in [-0.05, 0) is 13.0 Å². The average Bonchev–Trinajstić information content (AvgIpc) is 2.47. The van der Waals surface area contributed by atoms with E-state index in [4.69, 9.17) is 9.97 Å². The number of hydrogen-bond donors (Lipinski definition) is 1. The molecule has 0 bridgehead atoms. The van der Waals surface area contributed by atoms with E-state index in [1.807, 2.05) is 6.07 Å². The van der Waals surface area contributed by atoms with Crippen molar-refractivity contribution in [3.8, 4) is 11.3 Å². The summed E-state index contributed by atoms with van der Waals surface area (Å²) < 4.78 is 0. The molecular weight excluding hydrogens is 234 g/mol. The predicted molar refractivity (Wildman–Crippen MR) is 77.0 cm³/mol. The molecule has 1 aromatic heterocycles. The Kier molecular flexibility index (Phi) is 3.30. The van der Waals surface area contributed by atoms with E-state index in [2.05, 4.69) is 43.4 Å². The number of nitrogens with zero attached hydrogens (tertiary/aromatic N) is 2. The van der Waals surface area contributed by atoms with Crippen molar-refractivity contribution in [1.29, 1.82) is 0 Å². The SMILES string of the molecule is CC(C)c1nc2c(c(-c3ccccc3)n1)CCNC2. The first kappa shape index (κ1) is 12.3. The summed E-state index contributed by atoms with van der Waals surface area (Å²) in [5, 5.41) is 3.40. The lowest BCUT2D eigenvalue weighted by molar-refractivity contribution is 0.612. The molecule has 3 rings (SSSR count). The largest absolute Gasteiger partial charge is 0.311 e. The second-order valence-corrected chi connectivity index (χ2v) is 5.30. The molecule has 1 N–H and O–H groups in total. The van der Waals surface area contributed by atoms with Gasteiger partial charge in [-0.15, -0.1) is 0 Å². The summed E-state index contributed by atoms with van der Waals surface area (Å²) >= 11 is 0. The normalized spacial score (nSPS) is 14.5. The fraction of sp³-hybridized carbons (Fsp3) is 0.375. The lowest BCUT2D eigenvalue weighted by atomic mass is 9.98. The third-order valence-corrected chi connectivity index (χ3v) is 3.52. The zero-order chi connectivity index (χ0) is 13.2. The summed E-state index contributed by atoms with van der Waals surface area (Å²) in [4.78, 5) is 9.54. The molecule has 3 heteroatoms. The topological polar surface area (TPSA) is 37.8 Å². The summed E-state index contributed by atoms with van der Waals surface area (Å²) in [5.74, 6) is 1.30. The van der Waals surface area contributed by atoms with Crippen LogP contribution in [0.5, 0.6) is 0 Å². The van der Waals surface area contributed by atoms with Crippen molar-refractivity contribution in [2.45, 2.75) is 32.7 Å². The van der Waals surface area contributed by atoms with Gasteiger partial charge in [-0.1, -0.05) is 44.2 Å². The van der Waals surface area contributed by atoms with E-state index in [0.717, 1.165) is 31.0 Å². The standard InChI is InChI=1S/C16H19N3/c1-11(2)16-18-14-10-17-9-8-13(14)15(19-16)12-6-4-3-5-7-12/h3-7,11,17H,8-10H2,1-2H3. The highest BCUT2D eigenvalue weighted by molar-refractivity contribution is 5.64. The van der Waals surface area contributed by atoms with Gasteiger partial charge < -0.3 is 5.32 Å². The van der Waals surface area contributed by atoms with Crippen LogP contribution >= 0.6 is 0 Å². The van der Waals surface area contributed by atoms with Crippen molar-refractivity contribution >= 4 is 0 Å². The Morgan fingerprint density at radius 3 is 2.63 bits per heavy atom. The van der Waals surface area contributed by atoms with Gasteiger partial charge in [0.25, 0.3) is 0 Å². The Morgan fingerprint density at radius 2 is 1.89 bits per heavy atom. The van der Waals surface area contributed by atoms with Gasteiger partial charge in [-0.25, -0.2) is 9.97 Å². The molecule has 0 radical (unpaired) electrons. The minimum atomic E-state index is 0.356. The van der Waals surface area contributed by atoms with E-state index in [-0.39, 0.29) is 0 Å². The van der Waals surface area contributed by atoms with Crippen molar-refractivity contribution in [3.63, 3.8) is 0 Å². The monoisotopic (exact) mass is 253 g/mol. The minimum absolute atomic E-state index is 0.356. The zero-order valence-electron chi connectivity index (χ0n) is 11.5. The molecule has 2 aromatic rings. The van der Waals surface area contributed by atoms with Crippen molar-refractivity contribution in [2.24, 2.45) is 0 Å². The first-order valence-corrected chi connectivity index (χ1v) is 6.91. The molecule has 0 fully saturated rings. The van der Waals surface area contributed by atoms with E-state index in [1.165, 1.54) is 16.8 Å². The molecule has 3 nitrogen and oxygen atoms in total. The quantitative estimate of drug-likeness (QED) is 0.894. The van der Waals surface area contributed by atoms with Gasteiger partial charge in [0.15, 0.2) is 0 Å². The van der Waals surface area contributed by atoms with Crippen LogP contribution in [0.3, 0.4) is 0 Å². The molecule has 0 amide bonds. The molecule has 19 heavy (non-hydrogen) atoms. The molecule has 1 aliphatic rings. The van der Waals surface area contributed by atoms with Crippen LogP contribution in [0.2, 0.25) is 0 Å². The van der Waals surface area contributed by atoms with E-state index in [9.17, 15) is 0 Å². The highest BCUT2D eigenvalue weighted by Gasteiger charge is 2.19. The van der Waals surface area contributed by atoms with Crippen molar-refractivity contribution < 1.29 is 0 Å². The van der Waals surface area contributed by atoms with Crippen LogP contribution in [0.4, 0.5) is 0 Å². The molecule has 0 saturated carbocycles. The number of aromatic nitrogens is 2. The van der Waals surface area contributed by atoms with Crippen LogP contribution in [0.1, 0.15) is 36.8 Å². The van der Waals surface area contributed by atoms with Crippen molar-refractivity contribution in [3.05, 3.63) is 47.4 Å². The van der Waals surface area contributed by atoms with Crippen molar-refractivity contribution in [1.82, 2.24) is 15.3 Å². The van der Waals surface area contributed by atoms with Crippen LogP contribution in [0.15, 0.2) is 30.3 Å². The highest BCUT2D eigenvalue weighted by Crippen LogP contribution is 2.27. The van der Waals surface area contributed by atoms with Crippen LogP contribution < -0.4 is 5.32 Å². The van der Waals surface area contributed by atoms with Crippen LogP contribution in [-0.2, 0) is 13.0 Å². The maximum Gasteiger partial charge on any atom is 0.131 e. The first-order chi connectivity index (χ1) is 9.25. The van der Waals surface area contributed by atoms with E-state index in [1.54, 1.807) is 0 Å². The molecule has 0 atom stereocenters. The number of hydrogen-bond acceptors (Lipinski definition) is 3. The Labute approximate surface area is 114 Å². The van der Waals surface area contributed by atoms with Crippen LogP contribution in [0.25, 0.3) is 11.3 Å². The number of nitrogens with one attached hydrogen (secondary N) is 1. The van der Waals surface area contributed by atoms with Gasteiger partial charge in [0, 0.05) is 23.6 Å². The molecule has 2 heterocycles. The summed E-state index contributed by atoms with van der Waals surface area (Å²) in [6, 6.07) is 10.4. The fourth-order valence-electron chi connectivity index (χ4n) is 2.47. The molecule has 0 unspecified atom stereocenters. The molecule has 98 valence electrons. The highest BCUT2D eigenvalue weighted by atomic mass is 15.0. The van der Waals surface area contributed by atoms with E-state index >= 15 is 0 Å². The van der Waals surface area contributed by atoms with Gasteiger partial charge in [0.05, 0.1) is 11.4 Å². The van der Waals surface area contributed by atoms with E-state index in [0.29, 0.717) is 5.92 Å². The smallest absolute Gasteiger partial charge is 0.131 e. The molecule has 1 aromatic carbocycles. The third kappa shape index (κ3) is 2.38. The number of rotatable bonds is 2. The second-order valence-electron chi connectivity index (χ2n) is 5.30. The third-order valence-electron chi connectivity index (χ3n) is 3.52. The van der Waals surface area contributed by atoms with Crippen molar-refractivity contribution in [2.75, 3.05) is 6.54 Å². The minimum Gasteiger partial charge on any atom is -0.311 e. The molecule has 1 aliphatic heterocycles. The summed E-state index contributed by atoms with van der Waals surface area (Å²) in [6.07, 6.45) is 1.01.